The number of nitrogens with zero attached hydrogens (tertiary/aromatic N) is 4. The quantitative estimate of drug-likeness (QED) is 0.661. The molecule has 7 heteroatoms. The molecule has 0 unspecified atom stereocenters. The van der Waals surface area contributed by atoms with E-state index in [2.05, 4.69) is 9.97 Å². The van der Waals surface area contributed by atoms with Gasteiger partial charge in [0, 0.05) is 32.3 Å². The van der Waals surface area contributed by atoms with Gasteiger partial charge in [-0.15, -0.1) is 0 Å². The highest BCUT2D eigenvalue weighted by atomic mass is 16.5. The third-order valence-corrected chi connectivity index (χ3v) is 6.35. The van der Waals surface area contributed by atoms with E-state index in [9.17, 15) is 9.59 Å². The second-order valence-corrected chi connectivity index (χ2v) is 8.55. The van der Waals surface area contributed by atoms with Crippen molar-refractivity contribution in [2.75, 3.05) is 26.2 Å². The molecule has 0 aliphatic carbocycles. The van der Waals surface area contributed by atoms with Crippen molar-refractivity contribution in [1.82, 2.24) is 19.8 Å². The van der Waals surface area contributed by atoms with Gasteiger partial charge in [0.15, 0.2) is 5.82 Å². The van der Waals surface area contributed by atoms with E-state index < -0.39 is 0 Å². The zero-order valence-electron chi connectivity index (χ0n) is 19.0. The lowest BCUT2D eigenvalue weighted by atomic mass is 10.1. The first-order valence-corrected chi connectivity index (χ1v) is 11.7. The summed E-state index contributed by atoms with van der Waals surface area (Å²) in [5.74, 6) is 1.63. The largest absolute Gasteiger partial charge is 0.494 e. The molecule has 2 fully saturated rings. The fraction of sp³-hybridized carbons (Fsp3) is 0.520. The zero-order valence-corrected chi connectivity index (χ0v) is 19.0. The maximum Gasteiger partial charge on any atom is 0.257 e. The van der Waals surface area contributed by atoms with Gasteiger partial charge >= 0.3 is 0 Å². The van der Waals surface area contributed by atoms with E-state index in [1.54, 1.807) is 6.20 Å². The van der Waals surface area contributed by atoms with Crippen LogP contribution in [-0.2, 0) is 11.2 Å². The molecule has 2 aliphatic rings. The number of hydrogen-bond donors (Lipinski definition) is 0. The lowest BCUT2D eigenvalue weighted by Gasteiger charge is -2.24. The molecule has 2 amide bonds. The fourth-order valence-corrected chi connectivity index (χ4v) is 4.59. The third kappa shape index (κ3) is 4.92. The summed E-state index contributed by atoms with van der Waals surface area (Å²) in [6, 6.07) is 7.81. The number of rotatable bonds is 7. The Labute approximate surface area is 189 Å². The van der Waals surface area contributed by atoms with Crippen LogP contribution < -0.4 is 4.74 Å². The molecule has 0 bridgehead atoms. The lowest BCUT2D eigenvalue weighted by molar-refractivity contribution is -0.132. The lowest BCUT2D eigenvalue weighted by Crippen LogP contribution is -2.32. The Bertz CT molecular complexity index is 954. The first-order valence-electron chi connectivity index (χ1n) is 11.7. The minimum atomic E-state index is -0.113. The van der Waals surface area contributed by atoms with Gasteiger partial charge in [0.25, 0.3) is 5.91 Å². The molecule has 0 spiro atoms. The summed E-state index contributed by atoms with van der Waals surface area (Å²) in [5, 5.41) is 0. The van der Waals surface area contributed by atoms with Crippen LogP contribution in [0.2, 0.25) is 0 Å². The number of carbonyl (C=O) groups excluding carboxylic acids is 2. The van der Waals surface area contributed by atoms with Crippen LogP contribution in [0.15, 0.2) is 30.5 Å². The van der Waals surface area contributed by atoms with Gasteiger partial charge in [-0.1, -0.05) is 12.1 Å². The van der Waals surface area contributed by atoms with E-state index in [0.717, 1.165) is 56.6 Å². The first kappa shape index (κ1) is 22.2. The number of aryl methyl sites for hydroxylation is 2. The predicted octanol–water partition coefficient (Wildman–Crippen LogP) is 3.72. The highest BCUT2D eigenvalue weighted by Crippen LogP contribution is 2.31. The van der Waals surface area contributed by atoms with Gasteiger partial charge in [-0.2, -0.15) is 0 Å². The summed E-state index contributed by atoms with van der Waals surface area (Å²) in [6.07, 6.45) is 6.70. The Kier molecular flexibility index (Phi) is 7.02. The van der Waals surface area contributed by atoms with E-state index in [1.165, 1.54) is 0 Å². The molecule has 1 aromatic heterocycles. The molecular formula is C25H32N4O3. The Balaban J connectivity index is 1.39. The molecule has 7 nitrogen and oxygen atoms in total. The van der Waals surface area contributed by atoms with Crippen molar-refractivity contribution in [3.05, 3.63) is 53.1 Å². The van der Waals surface area contributed by atoms with E-state index in [-0.39, 0.29) is 17.9 Å². The topological polar surface area (TPSA) is 75.6 Å². The van der Waals surface area contributed by atoms with Gasteiger partial charge in [0.05, 0.1) is 23.9 Å². The Morgan fingerprint density at radius 2 is 1.84 bits per heavy atom. The Morgan fingerprint density at radius 3 is 2.53 bits per heavy atom. The van der Waals surface area contributed by atoms with Crippen molar-refractivity contribution in [2.24, 2.45) is 0 Å². The van der Waals surface area contributed by atoms with E-state index >= 15 is 0 Å². The molecule has 2 aromatic rings. The van der Waals surface area contributed by atoms with Gasteiger partial charge in [-0.3, -0.25) is 9.59 Å². The molecule has 32 heavy (non-hydrogen) atoms. The van der Waals surface area contributed by atoms with Crippen molar-refractivity contribution in [3.63, 3.8) is 0 Å². The van der Waals surface area contributed by atoms with Crippen LogP contribution in [0.3, 0.4) is 0 Å². The maximum absolute atomic E-state index is 13.0. The summed E-state index contributed by atoms with van der Waals surface area (Å²) in [6.45, 7) is 6.80. The molecule has 0 radical (unpaired) electrons. The summed E-state index contributed by atoms with van der Waals surface area (Å²) in [5.41, 5.74) is 2.39. The summed E-state index contributed by atoms with van der Waals surface area (Å²) < 4.78 is 5.48. The minimum Gasteiger partial charge on any atom is -0.494 e. The van der Waals surface area contributed by atoms with Crippen LogP contribution in [0, 0.1) is 6.92 Å². The molecule has 3 heterocycles. The molecule has 1 aromatic carbocycles. The fourth-order valence-electron chi connectivity index (χ4n) is 4.59. The van der Waals surface area contributed by atoms with Crippen molar-refractivity contribution in [2.45, 2.75) is 58.4 Å². The molecule has 2 aliphatic heterocycles. The molecule has 1 atom stereocenters. The van der Waals surface area contributed by atoms with Crippen LogP contribution in [0.5, 0.6) is 5.75 Å². The van der Waals surface area contributed by atoms with Crippen molar-refractivity contribution in [1.29, 1.82) is 0 Å². The zero-order chi connectivity index (χ0) is 22.5. The van der Waals surface area contributed by atoms with Gasteiger partial charge in [-0.25, -0.2) is 9.97 Å². The van der Waals surface area contributed by atoms with Crippen LogP contribution in [0.25, 0.3) is 0 Å². The number of likely N-dealkylation sites (tertiary alicyclic amines) is 2. The average molecular weight is 437 g/mol. The number of aromatic nitrogens is 2. The third-order valence-electron chi connectivity index (χ3n) is 6.35. The van der Waals surface area contributed by atoms with Crippen LogP contribution in [0.1, 0.15) is 72.5 Å². The summed E-state index contributed by atoms with van der Waals surface area (Å²) >= 11 is 0. The summed E-state index contributed by atoms with van der Waals surface area (Å²) in [7, 11) is 0. The highest BCUT2D eigenvalue weighted by Gasteiger charge is 2.32. The minimum absolute atomic E-state index is 0.0151. The smallest absolute Gasteiger partial charge is 0.257 e. The monoisotopic (exact) mass is 436 g/mol. The second-order valence-electron chi connectivity index (χ2n) is 8.55. The summed E-state index contributed by atoms with van der Waals surface area (Å²) in [4.78, 5) is 38.7. The number of carbonyl (C=O) groups is 2. The number of ether oxygens (including phenoxy) is 1. The molecular weight excluding hydrogens is 404 g/mol. The Morgan fingerprint density at radius 1 is 1.09 bits per heavy atom. The van der Waals surface area contributed by atoms with Gasteiger partial charge < -0.3 is 14.5 Å². The molecule has 4 rings (SSSR count). The Hall–Kier alpha value is -2.96. The van der Waals surface area contributed by atoms with Crippen molar-refractivity contribution < 1.29 is 14.3 Å². The normalized spacial score (nSPS) is 18.2. The van der Waals surface area contributed by atoms with Crippen LogP contribution in [-0.4, -0.2) is 57.8 Å². The van der Waals surface area contributed by atoms with E-state index in [4.69, 9.17) is 4.74 Å². The van der Waals surface area contributed by atoms with Gasteiger partial charge in [-0.05, 0) is 63.6 Å². The van der Waals surface area contributed by atoms with Gasteiger partial charge in [0.1, 0.15) is 5.75 Å². The molecule has 2 saturated heterocycles. The number of hydrogen-bond acceptors (Lipinski definition) is 5. The second kappa shape index (κ2) is 10.1. The standard InChI is InChI=1S/C25H32N4O3/c1-3-32-20-11-8-19(9-12-20)10-13-23(30)29-16-6-7-22(29)24-26-17-21(18(2)27-24)25(31)28-14-4-5-15-28/h8-9,11-12,17,22H,3-7,10,13-16H2,1-2H3/t22-/m1/s1. The van der Waals surface area contributed by atoms with Crippen molar-refractivity contribution >= 4 is 11.8 Å². The molecule has 170 valence electrons. The number of benzene rings is 1. The predicted molar refractivity (Wildman–Crippen MR) is 122 cm³/mol. The molecule has 0 saturated carbocycles. The SMILES string of the molecule is CCOc1ccc(CCC(=O)N2CCC[C@@H]2c2ncc(C(=O)N3CCCC3)c(C)n2)cc1. The van der Waals surface area contributed by atoms with Crippen LogP contribution >= 0.6 is 0 Å². The van der Waals surface area contributed by atoms with Gasteiger partial charge in [0.2, 0.25) is 5.91 Å². The van der Waals surface area contributed by atoms with Crippen molar-refractivity contribution in [3.8, 4) is 5.75 Å². The maximum atomic E-state index is 13.0. The first-order chi connectivity index (χ1) is 15.6. The average Bonchev–Trinajstić information content (AvgIpc) is 3.50. The van der Waals surface area contributed by atoms with E-state index in [1.807, 2.05) is 47.9 Å². The van der Waals surface area contributed by atoms with Crippen LogP contribution in [0.4, 0.5) is 0 Å². The molecule has 0 N–H and O–H groups in total. The highest BCUT2D eigenvalue weighted by molar-refractivity contribution is 5.95. The van der Waals surface area contributed by atoms with E-state index in [0.29, 0.717) is 36.5 Å². The number of amides is 2.